The average Bonchev–Trinajstić information content (AvgIpc) is 3.20. The van der Waals surface area contributed by atoms with Gasteiger partial charge in [0.05, 0.1) is 36.5 Å². The van der Waals surface area contributed by atoms with Crippen molar-refractivity contribution in [2.45, 2.75) is 26.8 Å². The quantitative estimate of drug-likeness (QED) is 0.288. The van der Waals surface area contributed by atoms with Crippen LogP contribution >= 0.6 is 27.3 Å². The zero-order valence-corrected chi connectivity index (χ0v) is 23.6. The summed E-state index contributed by atoms with van der Waals surface area (Å²) >= 11 is 4.57. The summed E-state index contributed by atoms with van der Waals surface area (Å²) in [5.74, 6) is 0.277. The van der Waals surface area contributed by atoms with Gasteiger partial charge < -0.3 is 18.9 Å². The Morgan fingerprint density at radius 2 is 1.79 bits per heavy atom. The Kier molecular flexibility index (Phi) is 8.48. The highest BCUT2D eigenvalue weighted by atomic mass is 79.9. The fourth-order valence-corrected chi connectivity index (χ4v) is 5.35. The number of nitrogens with zero attached hydrogens (tertiary/aromatic N) is 2. The Labute approximate surface area is 230 Å². The SMILES string of the molecule is CCOc1ccc([C@@H]2C(C(=O)OC)=CN=c3s/c(=C/c4cc(Br)ccc4OC(C)=O)c(=O)n32)cc1OCC. The lowest BCUT2D eigenvalue weighted by molar-refractivity contribution is -0.136. The molecule has 0 N–H and O–H groups in total. The van der Waals surface area contributed by atoms with Gasteiger partial charge in [0, 0.05) is 23.2 Å². The number of carbonyl (C=O) groups is 2. The van der Waals surface area contributed by atoms with E-state index in [2.05, 4.69) is 20.9 Å². The third-order valence-electron chi connectivity index (χ3n) is 5.52. The van der Waals surface area contributed by atoms with Gasteiger partial charge in [-0.15, -0.1) is 0 Å². The Hall–Kier alpha value is -3.70. The molecule has 0 saturated carbocycles. The first-order chi connectivity index (χ1) is 18.3. The number of methoxy groups -OCH3 is 1. The van der Waals surface area contributed by atoms with Crippen LogP contribution < -0.4 is 29.1 Å². The fraction of sp³-hybridized carbons (Fsp3) is 0.259. The second-order valence-electron chi connectivity index (χ2n) is 8.02. The topological polar surface area (TPSA) is 105 Å². The van der Waals surface area contributed by atoms with E-state index in [-0.39, 0.29) is 11.1 Å². The molecule has 4 rings (SSSR count). The summed E-state index contributed by atoms with van der Waals surface area (Å²) in [5, 5.41) is 0. The monoisotopic (exact) mass is 600 g/mol. The minimum atomic E-state index is -0.814. The molecule has 0 bridgehead atoms. The maximum absolute atomic E-state index is 13.8. The van der Waals surface area contributed by atoms with Crippen LogP contribution in [0.1, 0.15) is 37.9 Å². The fourth-order valence-electron chi connectivity index (χ4n) is 4.01. The molecule has 1 aliphatic heterocycles. The van der Waals surface area contributed by atoms with E-state index >= 15 is 0 Å². The van der Waals surface area contributed by atoms with Crippen LogP contribution in [-0.4, -0.2) is 36.8 Å². The number of thiazole rings is 1. The molecule has 2 heterocycles. The molecule has 198 valence electrons. The van der Waals surface area contributed by atoms with Crippen LogP contribution in [0.2, 0.25) is 0 Å². The lowest BCUT2D eigenvalue weighted by Crippen LogP contribution is -2.39. The van der Waals surface area contributed by atoms with E-state index in [1.54, 1.807) is 42.5 Å². The summed E-state index contributed by atoms with van der Waals surface area (Å²) in [6.07, 6.45) is 3.06. The van der Waals surface area contributed by atoms with Crippen LogP contribution in [0.25, 0.3) is 6.08 Å². The van der Waals surface area contributed by atoms with Gasteiger partial charge in [0.15, 0.2) is 16.3 Å². The molecular formula is C27H25BrN2O7S. The number of rotatable bonds is 8. The van der Waals surface area contributed by atoms with Gasteiger partial charge in [0.2, 0.25) is 0 Å². The highest BCUT2D eigenvalue weighted by molar-refractivity contribution is 9.10. The van der Waals surface area contributed by atoms with Gasteiger partial charge in [0.25, 0.3) is 5.56 Å². The Morgan fingerprint density at radius 1 is 1.08 bits per heavy atom. The number of aromatic nitrogens is 1. The number of carbonyl (C=O) groups excluding carboxylic acids is 2. The Balaban J connectivity index is 1.92. The molecule has 1 aliphatic rings. The Bertz CT molecular complexity index is 1610. The molecule has 9 nitrogen and oxygen atoms in total. The van der Waals surface area contributed by atoms with Crippen LogP contribution in [-0.2, 0) is 14.3 Å². The zero-order chi connectivity index (χ0) is 27.4. The number of hydrogen-bond acceptors (Lipinski definition) is 9. The molecule has 0 aliphatic carbocycles. The van der Waals surface area contributed by atoms with Crippen LogP contribution in [0.15, 0.2) is 62.4 Å². The number of benzene rings is 2. The largest absolute Gasteiger partial charge is 0.490 e. The third-order valence-corrected chi connectivity index (χ3v) is 7.01. The maximum Gasteiger partial charge on any atom is 0.337 e. The van der Waals surface area contributed by atoms with E-state index < -0.39 is 18.0 Å². The predicted octanol–water partition coefficient (Wildman–Crippen LogP) is 3.50. The molecule has 0 amide bonds. The van der Waals surface area contributed by atoms with E-state index in [0.717, 1.165) is 15.8 Å². The number of esters is 2. The van der Waals surface area contributed by atoms with Crippen molar-refractivity contribution >= 4 is 45.3 Å². The highest BCUT2D eigenvalue weighted by Gasteiger charge is 2.31. The molecule has 38 heavy (non-hydrogen) atoms. The molecular weight excluding hydrogens is 576 g/mol. The first kappa shape index (κ1) is 27.3. The molecule has 1 aromatic heterocycles. The number of fused-ring (bicyclic) bond motifs is 1. The third kappa shape index (κ3) is 5.58. The molecule has 2 aromatic carbocycles. The van der Waals surface area contributed by atoms with E-state index in [9.17, 15) is 14.4 Å². The lowest BCUT2D eigenvalue weighted by Gasteiger charge is -2.23. The molecule has 1 atom stereocenters. The summed E-state index contributed by atoms with van der Waals surface area (Å²) in [7, 11) is 1.28. The summed E-state index contributed by atoms with van der Waals surface area (Å²) in [6.45, 7) is 5.90. The normalized spacial score (nSPS) is 14.7. The van der Waals surface area contributed by atoms with Crippen molar-refractivity contribution in [1.82, 2.24) is 4.57 Å². The van der Waals surface area contributed by atoms with Crippen molar-refractivity contribution in [3.05, 3.63) is 83.5 Å². The van der Waals surface area contributed by atoms with Crippen molar-refractivity contribution < 1.29 is 28.5 Å². The lowest BCUT2D eigenvalue weighted by atomic mass is 9.97. The van der Waals surface area contributed by atoms with Gasteiger partial charge in [-0.1, -0.05) is 33.3 Å². The highest BCUT2D eigenvalue weighted by Crippen LogP contribution is 2.35. The molecule has 0 spiro atoms. The summed E-state index contributed by atoms with van der Waals surface area (Å²) < 4.78 is 24.3. The molecule has 3 aromatic rings. The maximum atomic E-state index is 13.8. The first-order valence-corrected chi connectivity index (χ1v) is 13.3. The van der Waals surface area contributed by atoms with Crippen molar-refractivity contribution in [2.24, 2.45) is 4.99 Å². The standard InChI is InChI=1S/C27H25BrN2O7S/c1-5-35-21-9-7-16(12-22(21)36-6-2)24-19(26(33)34-4)14-29-27-30(24)25(32)23(38-27)13-17-11-18(28)8-10-20(17)37-15(3)31/h7-14,24H,5-6H2,1-4H3/b23-13+/t24-/m1/s1. The van der Waals surface area contributed by atoms with Crippen molar-refractivity contribution in [1.29, 1.82) is 0 Å². The van der Waals surface area contributed by atoms with Gasteiger partial charge in [-0.25, -0.2) is 9.79 Å². The smallest absolute Gasteiger partial charge is 0.337 e. The summed E-state index contributed by atoms with van der Waals surface area (Å²) in [6, 6.07) is 9.60. The van der Waals surface area contributed by atoms with E-state index in [4.69, 9.17) is 18.9 Å². The number of ether oxygens (including phenoxy) is 4. The van der Waals surface area contributed by atoms with Crippen LogP contribution in [0.4, 0.5) is 0 Å². The van der Waals surface area contributed by atoms with Gasteiger partial charge in [-0.2, -0.15) is 0 Å². The van der Waals surface area contributed by atoms with Crippen LogP contribution in [0, 0.1) is 0 Å². The second-order valence-corrected chi connectivity index (χ2v) is 9.95. The van der Waals surface area contributed by atoms with Crippen molar-refractivity contribution in [3.63, 3.8) is 0 Å². The molecule has 0 saturated heterocycles. The van der Waals surface area contributed by atoms with E-state index in [1.807, 2.05) is 13.8 Å². The number of halogens is 1. The average molecular weight is 601 g/mol. The van der Waals surface area contributed by atoms with Crippen LogP contribution in [0.3, 0.4) is 0 Å². The van der Waals surface area contributed by atoms with E-state index in [0.29, 0.717) is 50.9 Å². The van der Waals surface area contributed by atoms with Gasteiger partial charge >= 0.3 is 11.9 Å². The summed E-state index contributed by atoms with van der Waals surface area (Å²) in [4.78, 5) is 42.9. The summed E-state index contributed by atoms with van der Waals surface area (Å²) in [5.41, 5.74) is 0.984. The Morgan fingerprint density at radius 3 is 2.47 bits per heavy atom. The zero-order valence-electron chi connectivity index (χ0n) is 21.1. The minimum Gasteiger partial charge on any atom is -0.490 e. The van der Waals surface area contributed by atoms with Crippen LogP contribution in [0.5, 0.6) is 17.2 Å². The van der Waals surface area contributed by atoms with Crippen molar-refractivity contribution in [2.75, 3.05) is 20.3 Å². The van der Waals surface area contributed by atoms with Gasteiger partial charge in [-0.05, 0) is 55.8 Å². The molecule has 0 fully saturated rings. The van der Waals surface area contributed by atoms with Crippen molar-refractivity contribution in [3.8, 4) is 17.2 Å². The predicted molar refractivity (Wildman–Crippen MR) is 145 cm³/mol. The van der Waals surface area contributed by atoms with Gasteiger partial charge in [-0.3, -0.25) is 14.2 Å². The minimum absolute atomic E-state index is 0.195. The second kappa shape index (κ2) is 11.8. The molecule has 11 heteroatoms. The molecule has 0 unspecified atom stereocenters. The molecule has 0 radical (unpaired) electrons. The van der Waals surface area contributed by atoms with Gasteiger partial charge in [0.1, 0.15) is 5.75 Å². The first-order valence-electron chi connectivity index (χ1n) is 11.7. The number of hydrogen-bond donors (Lipinski definition) is 0. The van der Waals surface area contributed by atoms with E-state index in [1.165, 1.54) is 24.8 Å².